The molecule has 0 radical (unpaired) electrons. The molecule has 0 saturated carbocycles. The van der Waals surface area contributed by atoms with Crippen molar-refractivity contribution < 1.29 is 32.5 Å². The molecule has 0 aromatic carbocycles. The normalized spacial score (nSPS) is 11.2. The lowest BCUT2D eigenvalue weighted by molar-refractivity contribution is -0.275. The van der Waals surface area contributed by atoms with Crippen LogP contribution in [0, 0.1) is 0 Å². The van der Waals surface area contributed by atoms with E-state index in [1.54, 1.807) is 0 Å². The fourth-order valence-electron chi connectivity index (χ4n) is 1.15. The second kappa shape index (κ2) is 5.30. The molecule has 9 heteroatoms. The molecule has 5 nitrogen and oxygen atoms in total. The third-order valence-electron chi connectivity index (χ3n) is 1.82. The van der Waals surface area contributed by atoms with Crippen molar-refractivity contribution in [2.75, 3.05) is 7.11 Å². The largest absolute Gasteiger partial charge is 0.573 e. The van der Waals surface area contributed by atoms with Gasteiger partial charge in [-0.25, -0.2) is 4.79 Å². The molecule has 0 aliphatic heterocycles. The van der Waals surface area contributed by atoms with Crippen molar-refractivity contribution in [3.8, 4) is 11.5 Å². The van der Waals surface area contributed by atoms with Crippen LogP contribution in [0.1, 0.15) is 16.1 Å². The molecule has 1 N–H and O–H groups in total. The molecule has 0 fully saturated rings. The Balaban J connectivity index is 3.41. The smallest absolute Gasteiger partial charge is 0.503 e. The number of ether oxygens (including phenoxy) is 2. The van der Waals surface area contributed by atoms with Crippen molar-refractivity contribution in [2.45, 2.75) is 12.2 Å². The average molecular weight is 286 g/mol. The molecule has 100 valence electrons. The quantitative estimate of drug-likeness (QED) is 0.681. The Morgan fingerprint density at radius 1 is 1.56 bits per heavy atom. The molecule has 1 heterocycles. The van der Waals surface area contributed by atoms with E-state index in [-0.39, 0.29) is 11.6 Å². The van der Waals surface area contributed by atoms with E-state index < -0.39 is 29.4 Å². The second-order valence-corrected chi connectivity index (χ2v) is 3.23. The number of carbonyl (C=O) groups excluding carboxylic acids is 1. The zero-order valence-electron chi connectivity index (χ0n) is 8.92. The Kier molecular flexibility index (Phi) is 4.23. The Hall–Kier alpha value is -1.70. The van der Waals surface area contributed by atoms with Gasteiger partial charge in [0.15, 0.2) is 11.5 Å². The van der Waals surface area contributed by atoms with Crippen LogP contribution < -0.4 is 4.74 Å². The maximum absolute atomic E-state index is 12.2. The predicted molar refractivity (Wildman–Crippen MR) is 53.5 cm³/mol. The van der Waals surface area contributed by atoms with Gasteiger partial charge in [0.05, 0.1) is 24.9 Å². The molecule has 0 spiro atoms. The Morgan fingerprint density at radius 2 is 2.17 bits per heavy atom. The maximum atomic E-state index is 12.2. The highest BCUT2D eigenvalue weighted by atomic mass is 35.5. The van der Waals surface area contributed by atoms with E-state index in [0.29, 0.717) is 6.20 Å². The van der Waals surface area contributed by atoms with Crippen molar-refractivity contribution in [3.63, 3.8) is 0 Å². The van der Waals surface area contributed by atoms with Crippen molar-refractivity contribution >= 4 is 17.6 Å². The van der Waals surface area contributed by atoms with Crippen molar-refractivity contribution in [1.29, 1.82) is 0 Å². The molecular formula is C9H7ClF3NO4. The summed E-state index contributed by atoms with van der Waals surface area (Å²) in [7, 11) is 0.960. The summed E-state index contributed by atoms with van der Waals surface area (Å²) in [5.41, 5.74) is -0.856. The van der Waals surface area contributed by atoms with Gasteiger partial charge < -0.3 is 14.6 Å². The van der Waals surface area contributed by atoms with Crippen molar-refractivity contribution in [1.82, 2.24) is 4.98 Å². The van der Waals surface area contributed by atoms with Crippen LogP contribution in [0.25, 0.3) is 0 Å². The summed E-state index contributed by atoms with van der Waals surface area (Å²) < 4.78 is 44.4. The van der Waals surface area contributed by atoms with Crippen LogP contribution in [0.4, 0.5) is 13.2 Å². The van der Waals surface area contributed by atoms with E-state index in [0.717, 1.165) is 7.11 Å². The number of esters is 1. The summed E-state index contributed by atoms with van der Waals surface area (Å²) in [6.45, 7) is 0. The fraction of sp³-hybridized carbons (Fsp3) is 0.333. The van der Waals surface area contributed by atoms with Crippen LogP contribution in [-0.2, 0) is 10.6 Å². The van der Waals surface area contributed by atoms with Gasteiger partial charge >= 0.3 is 12.3 Å². The topological polar surface area (TPSA) is 68.7 Å². The number of halogens is 4. The molecule has 0 bridgehead atoms. The first-order valence-corrected chi connectivity index (χ1v) is 4.94. The van der Waals surface area contributed by atoms with Gasteiger partial charge in [0.1, 0.15) is 5.56 Å². The lowest BCUT2D eigenvalue weighted by Gasteiger charge is -2.14. The zero-order chi connectivity index (χ0) is 13.9. The molecule has 18 heavy (non-hydrogen) atoms. The number of pyridine rings is 1. The third kappa shape index (κ3) is 3.16. The van der Waals surface area contributed by atoms with Gasteiger partial charge in [-0.15, -0.1) is 24.8 Å². The number of rotatable bonds is 3. The van der Waals surface area contributed by atoms with Crippen LogP contribution in [-0.4, -0.2) is 29.5 Å². The molecule has 1 aromatic heterocycles. The monoisotopic (exact) mass is 285 g/mol. The Labute approximate surface area is 104 Å². The van der Waals surface area contributed by atoms with Crippen LogP contribution in [0.15, 0.2) is 6.20 Å². The molecule has 0 aliphatic carbocycles. The summed E-state index contributed by atoms with van der Waals surface area (Å²) in [6.07, 6.45) is -4.38. The molecular weight excluding hydrogens is 279 g/mol. The number of nitrogens with zero attached hydrogens (tertiary/aromatic N) is 1. The van der Waals surface area contributed by atoms with E-state index >= 15 is 0 Å². The number of hydrogen-bond donors (Lipinski definition) is 1. The molecule has 0 amide bonds. The highest BCUT2D eigenvalue weighted by Gasteiger charge is 2.36. The van der Waals surface area contributed by atoms with Crippen LogP contribution >= 0.6 is 11.6 Å². The summed E-state index contributed by atoms with van der Waals surface area (Å²) in [6, 6.07) is 0. The van der Waals surface area contributed by atoms with Gasteiger partial charge in [0, 0.05) is 0 Å². The first kappa shape index (κ1) is 14.4. The van der Waals surface area contributed by atoms with Crippen LogP contribution in [0.5, 0.6) is 11.5 Å². The number of methoxy groups -OCH3 is 1. The van der Waals surface area contributed by atoms with E-state index in [1.807, 2.05) is 0 Å². The second-order valence-electron chi connectivity index (χ2n) is 2.97. The minimum atomic E-state index is -5.08. The highest BCUT2D eigenvalue weighted by Crippen LogP contribution is 2.36. The minimum Gasteiger partial charge on any atom is -0.503 e. The summed E-state index contributed by atoms with van der Waals surface area (Å²) in [5, 5.41) is 9.28. The fourth-order valence-corrected chi connectivity index (χ4v) is 1.36. The molecule has 0 aliphatic rings. The molecule has 0 atom stereocenters. The van der Waals surface area contributed by atoms with Crippen LogP contribution in [0.3, 0.4) is 0 Å². The maximum Gasteiger partial charge on any atom is 0.573 e. The van der Waals surface area contributed by atoms with Crippen LogP contribution in [0.2, 0.25) is 0 Å². The van der Waals surface area contributed by atoms with Gasteiger partial charge in [-0.05, 0) is 0 Å². The van der Waals surface area contributed by atoms with Crippen molar-refractivity contribution in [2.24, 2.45) is 0 Å². The minimum absolute atomic E-state index is 0.194. The first-order valence-electron chi connectivity index (χ1n) is 4.41. The van der Waals surface area contributed by atoms with Gasteiger partial charge in [-0.2, -0.15) is 0 Å². The third-order valence-corrected chi connectivity index (χ3v) is 2.08. The van der Waals surface area contributed by atoms with Gasteiger partial charge in [-0.3, -0.25) is 4.98 Å². The Bertz CT molecular complexity index is 464. The van der Waals surface area contributed by atoms with E-state index in [9.17, 15) is 23.1 Å². The number of aromatic hydroxyl groups is 1. The number of alkyl halides is 4. The van der Waals surface area contributed by atoms with Gasteiger partial charge in [0.2, 0.25) is 0 Å². The molecule has 0 unspecified atom stereocenters. The standard InChI is InChI=1S/C9H7ClF3NO4/c1-17-8(16)6-4(2-10)14-3-5(15)7(6)18-9(11,12)13/h3,15H,2H2,1H3. The first-order chi connectivity index (χ1) is 8.30. The SMILES string of the molecule is COC(=O)c1c(CCl)ncc(O)c1OC(F)(F)F. The predicted octanol–water partition coefficient (Wildman–Crippen LogP) is 2.21. The summed E-state index contributed by atoms with van der Waals surface area (Å²) >= 11 is 5.44. The lowest BCUT2D eigenvalue weighted by Crippen LogP contribution is -2.20. The molecule has 1 aromatic rings. The zero-order valence-corrected chi connectivity index (χ0v) is 9.67. The summed E-state index contributed by atoms with van der Waals surface area (Å²) in [5.74, 6) is -3.52. The highest BCUT2D eigenvalue weighted by molar-refractivity contribution is 6.17. The number of hydrogen-bond acceptors (Lipinski definition) is 5. The van der Waals surface area contributed by atoms with Gasteiger partial charge in [-0.1, -0.05) is 0 Å². The molecule has 1 rings (SSSR count). The number of carbonyl (C=O) groups is 1. The van der Waals surface area contributed by atoms with Gasteiger partial charge in [0.25, 0.3) is 0 Å². The van der Waals surface area contributed by atoms with E-state index in [2.05, 4.69) is 14.5 Å². The van der Waals surface area contributed by atoms with Crippen molar-refractivity contribution in [3.05, 3.63) is 17.5 Å². The summed E-state index contributed by atoms with van der Waals surface area (Å²) in [4.78, 5) is 14.9. The van der Waals surface area contributed by atoms with E-state index in [1.165, 1.54) is 0 Å². The molecule has 0 saturated heterocycles. The lowest BCUT2D eigenvalue weighted by atomic mass is 10.2. The Morgan fingerprint density at radius 3 is 2.61 bits per heavy atom. The average Bonchev–Trinajstić information content (AvgIpc) is 2.29. The van der Waals surface area contributed by atoms with E-state index in [4.69, 9.17) is 11.6 Å². The number of aromatic nitrogens is 1.